The second-order valence-corrected chi connectivity index (χ2v) is 4.58. The maximum absolute atomic E-state index is 11.6. The molecule has 1 heterocycles. The van der Waals surface area contributed by atoms with Crippen LogP contribution in [0.15, 0.2) is 0 Å². The lowest BCUT2D eigenvalue weighted by molar-refractivity contribution is -0.123. The van der Waals surface area contributed by atoms with E-state index in [-0.39, 0.29) is 5.92 Å². The molecular weight excluding hydrogens is 190 g/mol. The number of rotatable bonds is 6. The average molecular weight is 213 g/mol. The molecule has 3 nitrogen and oxygen atoms in total. The first-order chi connectivity index (χ1) is 7.13. The third-order valence-electron chi connectivity index (χ3n) is 2.96. The molecule has 1 unspecified atom stereocenters. The molecule has 0 aromatic rings. The van der Waals surface area contributed by atoms with Gasteiger partial charge in [-0.15, -0.1) is 0 Å². The van der Waals surface area contributed by atoms with Crippen molar-refractivity contribution in [3.63, 3.8) is 0 Å². The van der Waals surface area contributed by atoms with Gasteiger partial charge >= 0.3 is 0 Å². The van der Waals surface area contributed by atoms with Crippen LogP contribution >= 0.6 is 0 Å². The van der Waals surface area contributed by atoms with Crippen molar-refractivity contribution in [2.45, 2.75) is 39.7 Å². The summed E-state index contributed by atoms with van der Waals surface area (Å²) in [7, 11) is 0. The van der Waals surface area contributed by atoms with Crippen molar-refractivity contribution in [2.24, 2.45) is 5.92 Å². The zero-order chi connectivity index (χ0) is 11.3. The Morgan fingerprint density at radius 3 is 2.73 bits per heavy atom. The summed E-state index contributed by atoms with van der Waals surface area (Å²) in [5.41, 5.74) is 0. The van der Waals surface area contributed by atoms with Crippen molar-refractivity contribution >= 4 is 5.78 Å². The molecule has 0 spiro atoms. The largest absolute Gasteiger partial charge is 0.377 e. The van der Waals surface area contributed by atoms with E-state index in [0.717, 1.165) is 26.1 Å². The minimum absolute atomic E-state index is 0.142. The molecule has 0 aromatic carbocycles. The number of carbonyl (C=O) groups is 1. The standard InChI is InChI=1S/C12H23NO2/c1-4-13(9-12(14)10(2)3)8-11-6-5-7-15-11/h10-11H,4-9H2,1-3H3. The van der Waals surface area contributed by atoms with Gasteiger partial charge in [0.2, 0.25) is 0 Å². The van der Waals surface area contributed by atoms with E-state index in [2.05, 4.69) is 11.8 Å². The Morgan fingerprint density at radius 2 is 2.27 bits per heavy atom. The highest BCUT2D eigenvalue weighted by molar-refractivity contribution is 5.82. The van der Waals surface area contributed by atoms with Crippen molar-refractivity contribution in [3.8, 4) is 0 Å². The number of hydrogen-bond donors (Lipinski definition) is 0. The van der Waals surface area contributed by atoms with Gasteiger partial charge in [-0.3, -0.25) is 9.69 Å². The third-order valence-corrected chi connectivity index (χ3v) is 2.96. The van der Waals surface area contributed by atoms with E-state index in [1.54, 1.807) is 0 Å². The summed E-state index contributed by atoms with van der Waals surface area (Å²) in [6.45, 7) is 9.33. The van der Waals surface area contributed by atoms with Crippen molar-refractivity contribution in [2.75, 3.05) is 26.2 Å². The lowest BCUT2D eigenvalue weighted by atomic mass is 10.1. The maximum atomic E-state index is 11.6. The molecule has 0 saturated carbocycles. The predicted molar refractivity (Wildman–Crippen MR) is 60.9 cm³/mol. The molecule has 0 N–H and O–H groups in total. The third kappa shape index (κ3) is 4.31. The number of ether oxygens (including phenoxy) is 1. The second-order valence-electron chi connectivity index (χ2n) is 4.58. The summed E-state index contributed by atoms with van der Waals surface area (Å²) in [6, 6.07) is 0. The Kier molecular flexibility index (Phi) is 5.26. The van der Waals surface area contributed by atoms with Crippen LogP contribution in [0.5, 0.6) is 0 Å². The average Bonchev–Trinajstić information content (AvgIpc) is 2.69. The van der Waals surface area contributed by atoms with Gasteiger partial charge in [0.15, 0.2) is 0 Å². The molecule has 1 saturated heterocycles. The van der Waals surface area contributed by atoms with Gasteiger partial charge in [0.05, 0.1) is 12.6 Å². The van der Waals surface area contributed by atoms with E-state index in [4.69, 9.17) is 4.74 Å². The molecule has 0 aliphatic carbocycles. The van der Waals surface area contributed by atoms with E-state index in [1.807, 2.05) is 13.8 Å². The van der Waals surface area contributed by atoms with Crippen molar-refractivity contribution < 1.29 is 9.53 Å². The molecular formula is C12H23NO2. The Bertz CT molecular complexity index is 198. The highest BCUT2D eigenvalue weighted by atomic mass is 16.5. The molecule has 0 amide bonds. The number of nitrogens with zero attached hydrogens (tertiary/aromatic N) is 1. The van der Waals surface area contributed by atoms with Crippen LogP contribution in [-0.4, -0.2) is 43.0 Å². The lowest BCUT2D eigenvalue weighted by Crippen LogP contribution is -2.37. The molecule has 1 aliphatic rings. The monoisotopic (exact) mass is 213 g/mol. The minimum Gasteiger partial charge on any atom is -0.377 e. The molecule has 1 aliphatic heterocycles. The molecule has 88 valence electrons. The highest BCUT2D eigenvalue weighted by Gasteiger charge is 2.20. The van der Waals surface area contributed by atoms with Crippen LogP contribution in [0.3, 0.4) is 0 Å². The quantitative estimate of drug-likeness (QED) is 0.672. The minimum atomic E-state index is 0.142. The summed E-state index contributed by atoms with van der Waals surface area (Å²) in [4.78, 5) is 13.8. The van der Waals surface area contributed by atoms with Gasteiger partial charge in [-0.25, -0.2) is 0 Å². The van der Waals surface area contributed by atoms with Gasteiger partial charge in [-0.1, -0.05) is 20.8 Å². The summed E-state index contributed by atoms with van der Waals surface area (Å²) < 4.78 is 5.57. The zero-order valence-corrected chi connectivity index (χ0v) is 10.2. The first-order valence-corrected chi connectivity index (χ1v) is 6.00. The summed E-state index contributed by atoms with van der Waals surface area (Å²) in [5, 5.41) is 0. The van der Waals surface area contributed by atoms with Crippen LogP contribution in [0.1, 0.15) is 33.6 Å². The van der Waals surface area contributed by atoms with Crippen molar-refractivity contribution in [1.29, 1.82) is 0 Å². The van der Waals surface area contributed by atoms with Crippen LogP contribution in [0.25, 0.3) is 0 Å². The fraction of sp³-hybridized carbons (Fsp3) is 0.917. The molecule has 3 heteroatoms. The fourth-order valence-electron chi connectivity index (χ4n) is 1.78. The van der Waals surface area contributed by atoms with Gasteiger partial charge in [0.1, 0.15) is 5.78 Å². The second kappa shape index (κ2) is 6.23. The van der Waals surface area contributed by atoms with E-state index in [1.165, 1.54) is 6.42 Å². The fourth-order valence-corrected chi connectivity index (χ4v) is 1.78. The van der Waals surface area contributed by atoms with Crippen molar-refractivity contribution in [3.05, 3.63) is 0 Å². The summed E-state index contributed by atoms with van der Waals surface area (Å²) in [6.07, 6.45) is 2.66. The Hall–Kier alpha value is -0.410. The van der Waals surface area contributed by atoms with Gasteiger partial charge in [0, 0.05) is 19.1 Å². The molecule has 0 radical (unpaired) electrons. The van der Waals surface area contributed by atoms with Crippen molar-refractivity contribution in [1.82, 2.24) is 4.90 Å². The molecule has 1 fully saturated rings. The van der Waals surface area contributed by atoms with Gasteiger partial charge in [-0.2, -0.15) is 0 Å². The topological polar surface area (TPSA) is 29.5 Å². The van der Waals surface area contributed by atoms with Gasteiger partial charge in [-0.05, 0) is 19.4 Å². The number of likely N-dealkylation sites (N-methyl/N-ethyl adjacent to an activating group) is 1. The SMILES string of the molecule is CCN(CC(=O)C(C)C)CC1CCCO1. The van der Waals surface area contributed by atoms with E-state index < -0.39 is 0 Å². The first-order valence-electron chi connectivity index (χ1n) is 6.00. The van der Waals surface area contributed by atoms with Crippen LogP contribution < -0.4 is 0 Å². The van der Waals surface area contributed by atoms with Crippen LogP contribution in [0, 0.1) is 5.92 Å². The van der Waals surface area contributed by atoms with Crippen LogP contribution in [-0.2, 0) is 9.53 Å². The maximum Gasteiger partial charge on any atom is 0.149 e. The van der Waals surface area contributed by atoms with E-state index in [9.17, 15) is 4.79 Å². The lowest BCUT2D eigenvalue weighted by Gasteiger charge is -2.23. The number of Topliss-reactive ketones (excluding diaryl/α,β-unsaturated/α-hetero) is 1. The highest BCUT2D eigenvalue weighted by Crippen LogP contribution is 2.13. The van der Waals surface area contributed by atoms with E-state index >= 15 is 0 Å². The Balaban J connectivity index is 2.31. The summed E-state index contributed by atoms with van der Waals surface area (Å²) >= 11 is 0. The molecule has 1 atom stereocenters. The molecule has 0 aromatic heterocycles. The first kappa shape index (κ1) is 12.7. The smallest absolute Gasteiger partial charge is 0.149 e. The zero-order valence-electron chi connectivity index (χ0n) is 10.2. The Morgan fingerprint density at radius 1 is 1.53 bits per heavy atom. The number of carbonyl (C=O) groups excluding carboxylic acids is 1. The van der Waals surface area contributed by atoms with Gasteiger partial charge in [0.25, 0.3) is 0 Å². The normalized spacial score (nSPS) is 21.5. The van der Waals surface area contributed by atoms with Crippen LogP contribution in [0.4, 0.5) is 0 Å². The molecule has 1 rings (SSSR count). The number of hydrogen-bond acceptors (Lipinski definition) is 3. The molecule has 15 heavy (non-hydrogen) atoms. The molecule has 0 bridgehead atoms. The van der Waals surface area contributed by atoms with Gasteiger partial charge < -0.3 is 4.74 Å². The Labute approximate surface area is 92.8 Å². The van der Waals surface area contributed by atoms with Crippen LogP contribution in [0.2, 0.25) is 0 Å². The number of ketones is 1. The predicted octanol–water partition coefficient (Wildman–Crippen LogP) is 1.71. The summed E-state index contributed by atoms with van der Waals surface area (Å²) in [5.74, 6) is 0.471. The van der Waals surface area contributed by atoms with E-state index in [0.29, 0.717) is 18.4 Å².